The molecule has 0 aliphatic carbocycles. The number of aromatic nitrogens is 4. The van der Waals surface area contributed by atoms with Gasteiger partial charge in [0, 0.05) is 4.88 Å². The summed E-state index contributed by atoms with van der Waals surface area (Å²) < 4.78 is 42.8. The van der Waals surface area contributed by atoms with Crippen molar-refractivity contribution in [3.63, 3.8) is 0 Å². The Hall–Kier alpha value is -2.76. The van der Waals surface area contributed by atoms with Gasteiger partial charge in [-0.25, -0.2) is 0 Å². The predicted octanol–water partition coefficient (Wildman–Crippen LogP) is 2.97. The molecule has 0 aliphatic heterocycles. The molecule has 0 saturated carbocycles. The van der Waals surface area contributed by atoms with Crippen LogP contribution >= 0.6 is 11.3 Å². The van der Waals surface area contributed by atoms with E-state index in [1.54, 1.807) is 12.1 Å². The van der Waals surface area contributed by atoms with Crippen molar-refractivity contribution in [3.05, 3.63) is 45.4 Å². The lowest BCUT2D eigenvalue weighted by Gasteiger charge is -1.96. The van der Waals surface area contributed by atoms with Crippen LogP contribution in [0.2, 0.25) is 0 Å². The van der Waals surface area contributed by atoms with Crippen LogP contribution in [-0.4, -0.2) is 24.8 Å². The zero-order valence-electron chi connectivity index (χ0n) is 11.0. The van der Waals surface area contributed by atoms with Crippen molar-refractivity contribution >= 4 is 17.0 Å². The third-order valence-electron chi connectivity index (χ3n) is 2.70. The van der Waals surface area contributed by atoms with Gasteiger partial charge in [-0.05, 0) is 12.1 Å². The minimum absolute atomic E-state index is 0.144. The molecule has 8 nitrogen and oxygen atoms in total. The molecule has 0 N–H and O–H groups in total. The van der Waals surface area contributed by atoms with Gasteiger partial charge in [-0.2, -0.15) is 23.3 Å². The van der Waals surface area contributed by atoms with Crippen molar-refractivity contribution in [1.29, 1.82) is 0 Å². The average Bonchev–Trinajstić information content (AvgIpc) is 3.17. The van der Waals surface area contributed by atoms with Crippen molar-refractivity contribution in [2.75, 3.05) is 0 Å². The van der Waals surface area contributed by atoms with E-state index >= 15 is 0 Å². The monoisotopic (exact) mass is 345 g/mol. The first kappa shape index (κ1) is 15.1. The van der Waals surface area contributed by atoms with E-state index in [4.69, 9.17) is 0 Å². The van der Waals surface area contributed by atoms with E-state index in [1.165, 1.54) is 10.9 Å². The van der Waals surface area contributed by atoms with Crippen molar-refractivity contribution in [1.82, 2.24) is 19.9 Å². The van der Waals surface area contributed by atoms with E-state index in [2.05, 4.69) is 19.8 Å². The van der Waals surface area contributed by atoms with E-state index < -0.39 is 17.0 Å². The lowest BCUT2D eigenvalue weighted by Crippen LogP contribution is -2.04. The molecule has 0 radical (unpaired) electrons. The van der Waals surface area contributed by atoms with Crippen molar-refractivity contribution < 1.29 is 22.6 Å². The van der Waals surface area contributed by atoms with Crippen LogP contribution < -0.4 is 0 Å². The van der Waals surface area contributed by atoms with Gasteiger partial charge in [0.05, 0.1) is 16.3 Å². The summed E-state index contributed by atoms with van der Waals surface area (Å²) in [5.41, 5.74) is -0.144. The minimum Gasteiger partial charge on any atom is -0.329 e. The molecule has 0 atom stereocenters. The highest BCUT2D eigenvalue weighted by molar-refractivity contribution is 7.15. The molecule has 0 saturated heterocycles. The van der Waals surface area contributed by atoms with Gasteiger partial charge in [-0.1, -0.05) is 5.16 Å². The molecule has 0 amide bonds. The maximum Gasteiger partial charge on any atom is 0.471 e. The molecule has 0 aromatic carbocycles. The van der Waals surface area contributed by atoms with Gasteiger partial charge in [0.15, 0.2) is 0 Å². The molecule has 12 heteroatoms. The highest BCUT2D eigenvalue weighted by Gasteiger charge is 2.38. The first-order valence-electron chi connectivity index (χ1n) is 6.00. The number of thiophene rings is 1. The number of nitrogens with zero attached hydrogens (tertiary/aromatic N) is 5. The second kappa shape index (κ2) is 5.46. The second-order valence-electron chi connectivity index (χ2n) is 4.34. The standard InChI is InChI=1S/C11H6F3N5O3S/c12-11(13,14)10-16-9(17-22-10)8-2-1-7(23-8)5-18-4-6(3-15-18)19(20)21/h1-4H,5H2. The van der Waals surface area contributed by atoms with E-state index in [0.29, 0.717) is 4.88 Å². The Kier molecular flexibility index (Phi) is 3.60. The first-order valence-corrected chi connectivity index (χ1v) is 6.81. The maximum atomic E-state index is 12.4. The van der Waals surface area contributed by atoms with Crippen LogP contribution in [0.1, 0.15) is 10.8 Å². The highest BCUT2D eigenvalue weighted by atomic mass is 32.1. The normalized spacial score (nSPS) is 11.8. The summed E-state index contributed by atoms with van der Waals surface area (Å²) in [4.78, 5) is 14.4. The molecule has 3 rings (SSSR count). The molecule has 0 unspecified atom stereocenters. The minimum atomic E-state index is -4.70. The summed E-state index contributed by atoms with van der Waals surface area (Å²) in [5.74, 6) is -1.58. The molecule has 3 heterocycles. The zero-order valence-corrected chi connectivity index (χ0v) is 11.8. The average molecular weight is 345 g/mol. The van der Waals surface area contributed by atoms with E-state index in [9.17, 15) is 23.3 Å². The number of alkyl halides is 3. The largest absolute Gasteiger partial charge is 0.471 e. The van der Waals surface area contributed by atoms with Crippen LogP contribution in [0.4, 0.5) is 18.9 Å². The van der Waals surface area contributed by atoms with Gasteiger partial charge in [-0.3, -0.25) is 14.8 Å². The van der Waals surface area contributed by atoms with Crippen LogP contribution in [0.3, 0.4) is 0 Å². The summed E-state index contributed by atoms with van der Waals surface area (Å²) in [6, 6.07) is 3.19. The quantitative estimate of drug-likeness (QED) is 0.532. The Morgan fingerprint density at radius 2 is 2.17 bits per heavy atom. The molecular formula is C11H6F3N5O3S. The fourth-order valence-electron chi connectivity index (χ4n) is 1.71. The van der Waals surface area contributed by atoms with Crippen LogP contribution in [0.5, 0.6) is 0 Å². The zero-order chi connectivity index (χ0) is 16.6. The van der Waals surface area contributed by atoms with Crippen LogP contribution in [0, 0.1) is 10.1 Å². The number of rotatable bonds is 4. The Labute approximate surface area is 129 Å². The van der Waals surface area contributed by atoms with Gasteiger partial charge < -0.3 is 4.52 Å². The van der Waals surface area contributed by atoms with E-state index in [-0.39, 0.29) is 18.1 Å². The topological polar surface area (TPSA) is 99.9 Å². The van der Waals surface area contributed by atoms with E-state index in [0.717, 1.165) is 22.4 Å². The second-order valence-corrected chi connectivity index (χ2v) is 5.51. The van der Waals surface area contributed by atoms with Crippen molar-refractivity contribution in [2.24, 2.45) is 0 Å². The Balaban J connectivity index is 1.77. The number of hydrogen-bond donors (Lipinski definition) is 0. The summed E-state index contributed by atoms with van der Waals surface area (Å²) in [7, 11) is 0. The third kappa shape index (κ3) is 3.21. The van der Waals surface area contributed by atoms with Gasteiger partial charge in [0.25, 0.3) is 0 Å². The molecule has 0 spiro atoms. The summed E-state index contributed by atoms with van der Waals surface area (Å²) in [6.45, 7) is 0.239. The van der Waals surface area contributed by atoms with Gasteiger partial charge in [0.1, 0.15) is 12.4 Å². The van der Waals surface area contributed by atoms with Gasteiger partial charge in [-0.15, -0.1) is 11.3 Å². The molecule has 120 valence electrons. The Bertz CT molecular complexity index is 853. The highest BCUT2D eigenvalue weighted by Crippen LogP contribution is 2.31. The van der Waals surface area contributed by atoms with Crippen molar-refractivity contribution in [3.8, 4) is 10.7 Å². The number of halogens is 3. The third-order valence-corrected chi connectivity index (χ3v) is 3.76. The molecular weight excluding hydrogens is 339 g/mol. The molecule has 0 bridgehead atoms. The summed E-state index contributed by atoms with van der Waals surface area (Å²) in [6.07, 6.45) is -2.32. The fraction of sp³-hybridized carbons (Fsp3) is 0.182. The maximum absolute atomic E-state index is 12.4. The Morgan fingerprint density at radius 3 is 2.78 bits per heavy atom. The molecule has 0 fully saturated rings. The van der Waals surface area contributed by atoms with Crippen LogP contribution in [0.15, 0.2) is 29.0 Å². The summed E-state index contributed by atoms with van der Waals surface area (Å²) in [5, 5.41) is 17.7. The lowest BCUT2D eigenvalue weighted by molar-refractivity contribution is -0.385. The summed E-state index contributed by atoms with van der Waals surface area (Å²) >= 11 is 1.14. The SMILES string of the molecule is O=[N+]([O-])c1cnn(Cc2ccc(-c3noc(C(F)(F)F)n3)s2)c1. The predicted molar refractivity (Wildman–Crippen MR) is 70.6 cm³/mol. The number of hydrogen-bond acceptors (Lipinski definition) is 7. The molecule has 3 aromatic rings. The molecule has 3 aromatic heterocycles. The van der Waals surface area contributed by atoms with Gasteiger partial charge >= 0.3 is 17.8 Å². The molecule has 0 aliphatic rings. The Morgan fingerprint density at radius 1 is 1.39 bits per heavy atom. The smallest absolute Gasteiger partial charge is 0.329 e. The van der Waals surface area contributed by atoms with Crippen LogP contribution in [-0.2, 0) is 12.7 Å². The fourth-order valence-corrected chi connectivity index (χ4v) is 2.64. The molecule has 23 heavy (non-hydrogen) atoms. The van der Waals surface area contributed by atoms with E-state index in [1.807, 2.05) is 0 Å². The number of nitro groups is 1. The first-order chi connectivity index (χ1) is 10.8. The lowest BCUT2D eigenvalue weighted by atomic mass is 10.4. The van der Waals surface area contributed by atoms with Crippen LogP contribution in [0.25, 0.3) is 10.7 Å². The van der Waals surface area contributed by atoms with Crippen molar-refractivity contribution in [2.45, 2.75) is 12.7 Å². The van der Waals surface area contributed by atoms with Gasteiger partial charge in [0.2, 0.25) is 5.82 Å².